The average Bonchev–Trinajstić information content (AvgIpc) is 2.60. The lowest BCUT2D eigenvalue weighted by molar-refractivity contribution is -0.121. The molecule has 0 aromatic heterocycles. The minimum Gasteiger partial charge on any atom is -0.494 e. The van der Waals surface area contributed by atoms with Crippen molar-refractivity contribution in [2.75, 3.05) is 6.61 Å². The van der Waals surface area contributed by atoms with Crippen molar-refractivity contribution in [1.82, 2.24) is 5.32 Å². The summed E-state index contributed by atoms with van der Waals surface area (Å²) in [5, 5.41) is 3.71. The highest BCUT2D eigenvalue weighted by molar-refractivity contribution is 6.30. The lowest BCUT2D eigenvalue weighted by atomic mass is 10.0. The van der Waals surface area contributed by atoms with Crippen LogP contribution in [-0.4, -0.2) is 12.5 Å². The molecule has 0 radical (unpaired) electrons. The number of ether oxygens (including phenoxy) is 1. The molecule has 0 spiro atoms. The molecule has 0 unspecified atom stereocenters. The highest BCUT2D eigenvalue weighted by Gasteiger charge is 2.09. The van der Waals surface area contributed by atoms with Crippen LogP contribution in [0.2, 0.25) is 5.02 Å². The molecule has 128 valence electrons. The Hall–Kier alpha value is -2.00. The fourth-order valence-corrected chi connectivity index (χ4v) is 2.52. The van der Waals surface area contributed by atoms with Gasteiger partial charge in [-0.3, -0.25) is 4.79 Å². The molecule has 0 aliphatic rings. The zero-order valence-corrected chi connectivity index (χ0v) is 15.0. The Kier molecular flexibility index (Phi) is 7.13. The van der Waals surface area contributed by atoms with Gasteiger partial charge >= 0.3 is 0 Å². The zero-order valence-electron chi connectivity index (χ0n) is 14.2. The van der Waals surface area contributed by atoms with Crippen molar-refractivity contribution in [3.8, 4) is 5.75 Å². The third-order valence-corrected chi connectivity index (χ3v) is 4.15. The Balaban J connectivity index is 1.69. The molecule has 0 fully saturated rings. The monoisotopic (exact) mass is 345 g/mol. The van der Waals surface area contributed by atoms with Gasteiger partial charge in [-0.15, -0.1) is 0 Å². The van der Waals surface area contributed by atoms with Gasteiger partial charge in [-0.25, -0.2) is 0 Å². The number of carbonyl (C=O) groups excluding carboxylic acids is 1. The molecule has 4 heteroatoms. The van der Waals surface area contributed by atoms with Crippen LogP contribution in [-0.2, 0) is 11.2 Å². The van der Waals surface area contributed by atoms with E-state index in [0.29, 0.717) is 24.5 Å². The first kappa shape index (κ1) is 18.3. The largest absolute Gasteiger partial charge is 0.494 e. The number of rotatable bonds is 8. The van der Waals surface area contributed by atoms with Crippen LogP contribution >= 0.6 is 11.6 Å². The minimum absolute atomic E-state index is 0.0144. The third kappa shape index (κ3) is 5.89. The summed E-state index contributed by atoms with van der Waals surface area (Å²) < 4.78 is 5.59. The number of halogens is 1. The second kappa shape index (κ2) is 9.33. The molecule has 1 N–H and O–H groups in total. The quantitative estimate of drug-likeness (QED) is 0.688. The molecular formula is C20H24ClNO2. The second-order valence-electron chi connectivity index (χ2n) is 5.79. The summed E-state index contributed by atoms with van der Waals surface area (Å²) in [5.41, 5.74) is 2.43. The summed E-state index contributed by atoms with van der Waals surface area (Å²) in [6.07, 6.45) is 2.15. The van der Waals surface area contributed by atoms with Crippen molar-refractivity contribution in [3.63, 3.8) is 0 Å². The first-order chi connectivity index (χ1) is 11.6. The maximum atomic E-state index is 12.0. The van der Waals surface area contributed by atoms with Gasteiger partial charge in [0.25, 0.3) is 0 Å². The van der Waals surface area contributed by atoms with Gasteiger partial charge in [0.05, 0.1) is 12.6 Å². The predicted octanol–water partition coefficient (Wildman–Crippen LogP) is 4.94. The van der Waals surface area contributed by atoms with Crippen LogP contribution in [0.5, 0.6) is 5.75 Å². The summed E-state index contributed by atoms with van der Waals surface area (Å²) in [7, 11) is 0. The molecule has 0 saturated carbocycles. The van der Waals surface area contributed by atoms with E-state index >= 15 is 0 Å². The van der Waals surface area contributed by atoms with Crippen molar-refractivity contribution in [2.24, 2.45) is 0 Å². The number of amides is 1. The Bertz CT molecular complexity index is 638. The standard InChI is InChI=1S/C20H24ClNO2/c1-3-16-6-8-17(9-7-16)15(2)22-20(23)5-4-14-24-19-12-10-18(21)11-13-19/h6-13,15H,3-5,14H2,1-2H3,(H,22,23)/t15-/m0/s1. The highest BCUT2D eigenvalue weighted by atomic mass is 35.5. The number of hydrogen-bond donors (Lipinski definition) is 1. The Morgan fingerprint density at radius 1 is 1.12 bits per heavy atom. The second-order valence-corrected chi connectivity index (χ2v) is 6.23. The summed E-state index contributed by atoms with van der Waals surface area (Å²) in [4.78, 5) is 12.0. The lowest BCUT2D eigenvalue weighted by Gasteiger charge is -2.15. The Labute approximate surface area is 149 Å². The van der Waals surface area contributed by atoms with Crippen molar-refractivity contribution in [1.29, 1.82) is 0 Å². The molecule has 1 amide bonds. The number of nitrogens with one attached hydrogen (secondary N) is 1. The first-order valence-electron chi connectivity index (χ1n) is 8.35. The Morgan fingerprint density at radius 2 is 1.79 bits per heavy atom. The molecule has 0 bridgehead atoms. The molecular weight excluding hydrogens is 322 g/mol. The predicted molar refractivity (Wildman–Crippen MR) is 98.6 cm³/mol. The third-order valence-electron chi connectivity index (χ3n) is 3.90. The fraction of sp³-hybridized carbons (Fsp3) is 0.350. The lowest BCUT2D eigenvalue weighted by Crippen LogP contribution is -2.26. The molecule has 0 saturated heterocycles. The van der Waals surface area contributed by atoms with Crippen molar-refractivity contribution in [3.05, 3.63) is 64.7 Å². The van der Waals surface area contributed by atoms with Gasteiger partial charge in [0.2, 0.25) is 5.91 Å². The molecule has 0 aliphatic heterocycles. The molecule has 1 atom stereocenters. The summed E-state index contributed by atoms with van der Waals surface area (Å²) in [5.74, 6) is 0.811. The van der Waals surface area contributed by atoms with Crippen LogP contribution < -0.4 is 10.1 Å². The van der Waals surface area contributed by atoms with E-state index in [1.807, 2.05) is 19.1 Å². The number of hydrogen-bond acceptors (Lipinski definition) is 2. The maximum absolute atomic E-state index is 12.0. The summed E-state index contributed by atoms with van der Waals surface area (Å²) in [6, 6.07) is 15.6. The van der Waals surface area contributed by atoms with Crippen molar-refractivity contribution < 1.29 is 9.53 Å². The molecule has 0 heterocycles. The van der Waals surface area contributed by atoms with E-state index in [-0.39, 0.29) is 11.9 Å². The van der Waals surface area contributed by atoms with Crippen molar-refractivity contribution >= 4 is 17.5 Å². The van der Waals surface area contributed by atoms with Crippen molar-refractivity contribution in [2.45, 2.75) is 39.2 Å². The summed E-state index contributed by atoms with van der Waals surface area (Å²) >= 11 is 5.82. The summed E-state index contributed by atoms with van der Waals surface area (Å²) in [6.45, 7) is 4.64. The van der Waals surface area contributed by atoms with Gasteiger partial charge in [0.1, 0.15) is 5.75 Å². The van der Waals surface area contributed by atoms with E-state index in [0.717, 1.165) is 17.7 Å². The van der Waals surface area contributed by atoms with Crippen LogP contribution in [0, 0.1) is 0 Å². The van der Waals surface area contributed by atoms with Gasteiger partial charge in [0, 0.05) is 11.4 Å². The van der Waals surface area contributed by atoms with Crippen LogP contribution in [0.25, 0.3) is 0 Å². The smallest absolute Gasteiger partial charge is 0.220 e. The Morgan fingerprint density at radius 3 is 2.42 bits per heavy atom. The van der Waals surface area contributed by atoms with E-state index in [1.54, 1.807) is 12.1 Å². The average molecular weight is 346 g/mol. The van der Waals surface area contributed by atoms with E-state index in [4.69, 9.17) is 16.3 Å². The molecule has 2 aromatic carbocycles. The van der Waals surface area contributed by atoms with Crippen LogP contribution in [0.1, 0.15) is 43.9 Å². The number of aryl methyl sites for hydroxylation is 1. The van der Waals surface area contributed by atoms with Crippen LogP contribution in [0.15, 0.2) is 48.5 Å². The normalized spacial score (nSPS) is 11.8. The van der Waals surface area contributed by atoms with E-state index < -0.39 is 0 Å². The molecule has 2 rings (SSSR count). The van der Waals surface area contributed by atoms with E-state index in [9.17, 15) is 4.79 Å². The topological polar surface area (TPSA) is 38.3 Å². The van der Waals surface area contributed by atoms with Gasteiger partial charge in [-0.1, -0.05) is 42.8 Å². The zero-order chi connectivity index (χ0) is 17.4. The minimum atomic E-state index is 0.0144. The SMILES string of the molecule is CCc1ccc([C@H](C)NC(=O)CCCOc2ccc(Cl)cc2)cc1. The first-order valence-corrected chi connectivity index (χ1v) is 8.73. The number of carbonyl (C=O) groups is 1. The number of benzene rings is 2. The highest BCUT2D eigenvalue weighted by Crippen LogP contribution is 2.16. The van der Waals surface area contributed by atoms with Crippen LogP contribution in [0.3, 0.4) is 0 Å². The maximum Gasteiger partial charge on any atom is 0.220 e. The van der Waals surface area contributed by atoms with Gasteiger partial charge < -0.3 is 10.1 Å². The van der Waals surface area contributed by atoms with Gasteiger partial charge in [-0.2, -0.15) is 0 Å². The van der Waals surface area contributed by atoms with Crippen LogP contribution in [0.4, 0.5) is 0 Å². The molecule has 2 aromatic rings. The van der Waals surface area contributed by atoms with E-state index in [2.05, 4.69) is 36.5 Å². The molecule has 24 heavy (non-hydrogen) atoms. The fourth-order valence-electron chi connectivity index (χ4n) is 2.39. The molecule has 0 aliphatic carbocycles. The van der Waals surface area contributed by atoms with Gasteiger partial charge in [0.15, 0.2) is 0 Å². The van der Waals surface area contributed by atoms with E-state index in [1.165, 1.54) is 5.56 Å². The molecule has 3 nitrogen and oxygen atoms in total. The van der Waals surface area contributed by atoms with Gasteiger partial charge in [-0.05, 0) is 55.2 Å².